The first kappa shape index (κ1) is 17.6. The van der Waals surface area contributed by atoms with Crippen LogP contribution in [0.3, 0.4) is 0 Å². The predicted octanol–water partition coefficient (Wildman–Crippen LogP) is 3.35. The molecule has 1 N–H and O–H groups in total. The highest BCUT2D eigenvalue weighted by atomic mass is 32.2. The molecule has 6 nitrogen and oxygen atoms in total. The number of hydrogen-bond donors (Lipinski definition) is 1. The molecule has 0 bridgehead atoms. The van der Waals surface area contributed by atoms with Crippen LogP contribution in [0.2, 0.25) is 0 Å². The number of nitrogens with zero attached hydrogens (tertiary/aromatic N) is 2. The van der Waals surface area contributed by atoms with Gasteiger partial charge in [0.05, 0.1) is 17.0 Å². The van der Waals surface area contributed by atoms with Crippen LogP contribution < -0.4 is 5.32 Å². The molecular weight excluding hydrogens is 382 g/mol. The quantitative estimate of drug-likeness (QED) is 0.533. The number of aryl methyl sites for hydroxylation is 1. The second-order valence-corrected chi connectivity index (χ2v) is 8.26. The third kappa shape index (κ3) is 3.29. The maximum atomic E-state index is 12.9. The SMILES string of the molecule is Cc1nnc(SCC(=O)Nc2cccc3c2C(=O)c2ccccc2C3=O)s1. The van der Waals surface area contributed by atoms with E-state index in [4.69, 9.17) is 0 Å². The van der Waals surface area contributed by atoms with Crippen molar-refractivity contribution in [1.29, 1.82) is 0 Å². The molecule has 27 heavy (non-hydrogen) atoms. The topological polar surface area (TPSA) is 89.0 Å². The number of benzene rings is 2. The highest BCUT2D eigenvalue weighted by Gasteiger charge is 2.31. The van der Waals surface area contributed by atoms with Gasteiger partial charge in [-0.15, -0.1) is 10.2 Å². The summed E-state index contributed by atoms with van der Waals surface area (Å²) in [6.45, 7) is 1.85. The summed E-state index contributed by atoms with van der Waals surface area (Å²) in [5, 5.41) is 11.5. The number of nitrogens with one attached hydrogen (secondary N) is 1. The standard InChI is InChI=1S/C19H13N3O3S2/c1-10-21-22-19(27-10)26-9-15(23)20-14-8-4-7-13-16(14)18(25)12-6-3-2-5-11(12)17(13)24/h2-8H,9H2,1H3,(H,20,23). The molecule has 0 radical (unpaired) electrons. The smallest absolute Gasteiger partial charge is 0.234 e. The lowest BCUT2D eigenvalue weighted by molar-refractivity contribution is -0.113. The van der Waals surface area contributed by atoms with E-state index in [0.717, 1.165) is 5.01 Å². The van der Waals surface area contributed by atoms with Crippen molar-refractivity contribution in [2.75, 3.05) is 11.1 Å². The van der Waals surface area contributed by atoms with Crippen LogP contribution in [0.25, 0.3) is 0 Å². The van der Waals surface area contributed by atoms with Crippen LogP contribution >= 0.6 is 23.1 Å². The summed E-state index contributed by atoms with van der Waals surface area (Å²) < 4.78 is 0.706. The van der Waals surface area contributed by atoms with E-state index >= 15 is 0 Å². The normalized spacial score (nSPS) is 12.5. The van der Waals surface area contributed by atoms with Gasteiger partial charge >= 0.3 is 0 Å². The molecule has 1 amide bonds. The molecule has 1 aliphatic carbocycles. The second-order valence-electron chi connectivity index (χ2n) is 5.86. The van der Waals surface area contributed by atoms with Gasteiger partial charge in [0.1, 0.15) is 5.01 Å². The molecule has 1 aliphatic rings. The lowest BCUT2D eigenvalue weighted by atomic mass is 9.83. The summed E-state index contributed by atoms with van der Waals surface area (Å²) in [7, 11) is 0. The number of hydrogen-bond acceptors (Lipinski definition) is 7. The van der Waals surface area contributed by atoms with Crippen molar-refractivity contribution in [2.24, 2.45) is 0 Å². The molecule has 4 rings (SSSR count). The van der Waals surface area contributed by atoms with Gasteiger partial charge in [0.15, 0.2) is 15.9 Å². The molecule has 134 valence electrons. The number of aromatic nitrogens is 2. The van der Waals surface area contributed by atoms with Crippen molar-refractivity contribution >= 4 is 46.3 Å². The summed E-state index contributed by atoms with van der Waals surface area (Å²) in [6, 6.07) is 11.6. The molecule has 0 aliphatic heterocycles. The van der Waals surface area contributed by atoms with E-state index in [0.29, 0.717) is 26.7 Å². The van der Waals surface area contributed by atoms with Crippen molar-refractivity contribution < 1.29 is 14.4 Å². The van der Waals surface area contributed by atoms with Gasteiger partial charge in [-0.1, -0.05) is 59.5 Å². The Morgan fingerprint density at radius 3 is 2.41 bits per heavy atom. The molecule has 0 saturated carbocycles. The Balaban J connectivity index is 1.59. The van der Waals surface area contributed by atoms with Gasteiger partial charge in [-0.3, -0.25) is 14.4 Å². The minimum atomic E-state index is -0.277. The Hall–Kier alpha value is -2.84. The Morgan fingerprint density at radius 2 is 1.70 bits per heavy atom. The molecule has 0 saturated heterocycles. The molecule has 8 heteroatoms. The molecule has 2 aromatic carbocycles. The maximum absolute atomic E-state index is 12.9. The lowest BCUT2D eigenvalue weighted by Crippen LogP contribution is -2.24. The number of anilines is 1. The summed E-state index contributed by atoms with van der Waals surface area (Å²) in [4.78, 5) is 38.0. The number of carbonyl (C=O) groups is 3. The first-order chi connectivity index (χ1) is 13.0. The van der Waals surface area contributed by atoms with E-state index < -0.39 is 0 Å². The second kappa shape index (κ2) is 7.05. The zero-order valence-electron chi connectivity index (χ0n) is 14.2. The number of amides is 1. The van der Waals surface area contributed by atoms with Gasteiger partial charge < -0.3 is 5.32 Å². The van der Waals surface area contributed by atoms with Crippen molar-refractivity contribution in [2.45, 2.75) is 11.3 Å². The molecule has 0 spiro atoms. The van der Waals surface area contributed by atoms with Crippen molar-refractivity contribution in [1.82, 2.24) is 10.2 Å². The molecule has 1 aromatic heterocycles. The fraction of sp³-hybridized carbons (Fsp3) is 0.105. The zero-order valence-corrected chi connectivity index (χ0v) is 15.8. The van der Waals surface area contributed by atoms with E-state index in [9.17, 15) is 14.4 Å². The molecule has 1 heterocycles. The average molecular weight is 395 g/mol. The van der Waals surface area contributed by atoms with Gasteiger partial charge in [-0.05, 0) is 13.0 Å². The van der Waals surface area contributed by atoms with Gasteiger partial charge in [0.25, 0.3) is 0 Å². The van der Waals surface area contributed by atoms with Crippen molar-refractivity contribution in [3.63, 3.8) is 0 Å². The largest absolute Gasteiger partial charge is 0.325 e. The maximum Gasteiger partial charge on any atom is 0.234 e. The summed E-state index contributed by atoms with van der Waals surface area (Å²) in [5.41, 5.74) is 1.64. The van der Waals surface area contributed by atoms with E-state index in [1.54, 1.807) is 42.5 Å². The average Bonchev–Trinajstić information content (AvgIpc) is 3.10. The van der Waals surface area contributed by atoms with E-state index in [1.807, 2.05) is 6.92 Å². The Bertz CT molecular complexity index is 1090. The number of thioether (sulfide) groups is 1. The Labute approximate surface area is 163 Å². The first-order valence-corrected chi connectivity index (χ1v) is 9.89. The first-order valence-electron chi connectivity index (χ1n) is 8.09. The van der Waals surface area contributed by atoms with Crippen LogP contribution in [0.4, 0.5) is 5.69 Å². The number of fused-ring (bicyclic) bond motifs is 2. The minimum Gasteiger partial charge on any atom is -0.325 e. The molecular formula is C19H13N3O3S2. The molecule has 3 aromatic rings. The zero-order chi connectivity index (χ0) is 19.0. The van der Waals surface area contributed by atoms with Crippen molar-refractivity contribution in [3.05, 3.63) is 69.7 Å². The Morgan fingerprint density at radius 1 is 1.00 bits per heavy atom. The van der Waals surface area contributed by atoms with Crippen LogP contribution in [-0.4, -0.2) is 33.4 Å². The lowest BCUT2D eigenvalue weighted by Gasteiger charge is -2.20. The van der Waals surface area contributed by atoms with Crippen LogP contribution in [-0.2, 0) is 4.79 Å². The highest BCUT2D eigenvalue weighted by Crippen LogP contribution is 2.32. The van der Waals surface area contributed by atoms with Gasteiger partial charge in [-0.25, -0.2) is 0 Å². The number of rotatable bonds is 4. The van der Waals surface area contributed by atoms with Crippen LogP contribution in [0.15, 0.2) is 46.8 Å². The third-order valence-corrected chi connectivity index (χ3v) is 6.03. The third-order valence-electron chi connectivity index (χ3n) is 4.06. The minimum absolute atomic E-state index is 0.136. The van der Waals surface area contributed by atoms with E-state index in [-0.39, 0.29) is 28.8 Å². The molecule has 0 fully saturated rings. The van der Waals surface area contributed by atoms with Crippen LogP contribution in [0, 0.1) is 6.92 Å². The van der Waals surface area contributed by atoms with Gasteiger partial charge in [-0.2, -0.15) is 0 Å². The number of carbonyl (C=O) groups excluding carboxylic acids is 3. The summed E-state index contributed by atoms with van der Waals surface area (Å²) in [5.74, 6) is -0.615. The molecule has 0 atom stereocenters. The van der Waals surface area contributed by atoms with Crippen LogP contribution in [0.5, 0.6) is 0 Å². The van der Waals surface area contributed by atoms with E-state index in [2.05, 4.69) is 15.5 Å². The monoisotopic (exact) mass is 395 g/mol. The number of ketones is 2. The summed E-state index contributed by atoms with van der Waals surface area (Å²) >= 11 is 2.69. The predicted molar refractivity (Wildman–Crippen MR) is 104 cm³/mol. The van der Waals surface area contributed by atoms with Crippen molar-refractivity contribution in [3.8, 4) is 0 Å². The van der Waals surface area contributed by atoms with Gasteiger partial charge in [0, 0.05) is 16.7 Å². The van der Waals surface area contributed by atoms with E-state index in [1.165, 1.54) is 23.1 Å². The fourth-order valence-electron chi connectivity index (χ4n) is 2.90. The van der Waals surface area contributed by atoms with Crippen LogP contribution in [0.1, 0.15) is 36.9 Å². The molecule has 0 unspecified atom stereocenters. The Kier molecular flexibility index (Phi) is 4.59. The summed E-state index contributed by atoms with van der Waals surface area (Å²) in [6.07, 6.45) is 0. The van der Waals surface area contributed by atoms with Gasteiger partial charge in [0.2, 0.25) is 5.91 Å². The fourth-order valence-corrected chi connectivity index (χ4v) is 4.52. The highest BCUT2D eigenvalue weighted by molar-refractivity contribution is 8.01.